The quantitative estimate of drug-likeness (QED) is 0.837. The minimum atomic E-state index is 0.112. The van der Waals surface area contributed by atoms with Crippen molar-refractivity contribution in [1.29, 1.82) is 0 Å². The fraction of sp³-hybridized carbons (Fsp3) is 0.692. The Morgan fingerprint density at radius 1 is 1.39 bits per heavy atom. The standard InChI is InChI=1S/C13H21N3OS/c1-10(2)13(17)16-6-4-15(5-7-16)9-12-8-14-11(3)18-12/h8,10H,4-7,9H2,1-3H3. The highest BCUT2D eigenvalue weighted by Gasteiger charge is 2.22. The smallest absolute Gasteiger partial charge is 0.225 e. The van der Waals surface area contributed by atoms with E-state index < -0.39 is 0 Å². The van der Waals surface area contributed by atoms with Gasteiger partial charge in [0.15, 0.2) is 0 Å². The number of nitrogens with zero attached hydrogens (tertiary/aromatic N) is 3. The summed E-state index contributed by atoms with van der Waals surface area (Å²) in [6, 6.07) is 0. The summed E-state index contributed by atoms with van der Waals surface area (Å²) < 4.78 is 0. The lowest BCUT2D eigenvalue weighted by molar-refractivity contribution is -0.136. The van der Waals surface area contributed by atoms with Crippen molar-refractivity contribution in [2.45, 2.75) is 27.3 Å². The Hall–Kier alpha value is -0.940. The van der Waals surface area contributed by atoms with Crippen LogP contribution in [0.2, 0.25) is 0 Å². The van der Waals surface area contributed by atoms with Gasteiger partial charge in [0.05, 0.1) is 5.01 Å². The molecule has 0 spiro atoms. The highest BCUT2D eigenvalue weighted by molar-refractivity contribution is 7.11. The van der Waals surface area contributed by atoms with Crippen LogP contribution in [0.5, 0.6) is 0 Å². The molecule has 0 radical (unpaired) electrons. The zero-order valence-corrected chi connectivity index (χ0v) is 12.2. The van der Waals surface area contributed by atoms with E-state index in [9.17, 15) is 4.79 Å². The number of rotatable bonds is 3. The van der Waals surface area contributed by atoms with Crippen molar-refractivity contribution in [3.8, 4) is 0 Å². The van der Waals surface area contributed by atoms with Crippen molar-refractivity contribution in [3.63, 3.8) is 0 Å². The van der Waals surface area contributed by atoms with Crippen LogP contribution in [-0.2, 0) is 11.3 Å². The van der Waals surface area contributed by atoms with Gasteiger partial charge in [0.1, 0.15) is 0 Å². The molecule has 1 saturated heterocycles. The van der Waals surface area contributed by atoms with Crippen molar-refractivity contribution >= 4 is 17.2 Å². The molecule has 5 heteroatoms. The normalized spacial score (nSPS) is 17.4. The van der Waals surface area contributed by atoms with E-state index in [1.807, 2.05) is 31.9 Å². The van der Waals surface area contributed by atoms with E-state index in [0.717, 1.165) is 37.7 Å². The molecule has 0 aromatic carbocycles. The Kier molecular flexibility index (Phi) is 4.35. The lowest BCUT2D eigenvalue weighted by Crippen LogP contribution is -2.49. The zero-order valence-electron chi connectivity index (χ0n) is 11.3. The minimum absolute atomic E-state index is 0.112. The van der Waals surface area contributed by atoms with Gasteiger partial charge in [-0.15, -0.1) is 11.3 Å². The molecule has 1 aliphatic rings. The number of aromatic nitrogens is 1. The van der Waals surface area contributed by atoms with Crippen LogP contribution >= 0.6 is 11.3 Å². The zero-order chi connectivity index (χ0) is 13.1. The van der Waals surface area contributed by atoms with Crippen molar-refractivity contribution in [3.05, 3.63) is 16.1 Å². The second-order valence-corrected chi connectivity index (χ2v) is 6.42. The van der Waals surface area contributed by atoms with Gasteiger partial charge in [-0.25, -0.2) is 4.98 Å². The Balaban J connectivity index is 1.82. The molecule has 2 rings (SSSR count). The van der Waals surface area contributed by atoms with Crippen LogP contribution in [0.1, 0.15) is 23.7 Å². The van der Waals surface area contributed by atoms with Gasteiger partial charge < -0.3 is 4.90 Å². The summed E-state index contributed by atoms with van der Waals surface area (Å²) in [6.45, 7) is 10.6. The van der Waals surface area contributed by atoms with Crippen LogP contribution < -0.4 is 0 Å². The summed E-state index contributed by atoms with van der Waals surface area (Å²) >= 11 is 1.76. The van der Waals surface area contributed by atoms with E-state index in [4.69, 9.17) is 0 Å². The summed E-state index contributed by atoms with van der Waals surface area (Å²) in [5, 5.41) is 1.12. The maximum Gasteiger partial charge on any atom is 0.225 e. The predicted molar refractivity (Wildman–Crippen MR) is 73.5 cm³/mol. The molecule has 0 N–H and O–H groups in total. The molecule has 1 aliphatic heterocycles. The molecule has 2 heterocycles. The highest BCUT2D eigenvalue weighted by Crippen LogP contribution is 2.16. The molecular weight excluding hydrogens is 246 g/mol. The molecule has 1 aromatic rings. The van der Waals surface area contributed by atoms with Gasteiger partial charge in [-0.2, -0.15) is 0 Å². The first kappa shape index (κ1) is 13.5. The van der Waals surface area contributed by atoms with Crippen LogP contribution in [-0.4, -0.2) is 46.9 Å². The third-order valence-corrected chi connectivity index (χ3v) is 4.12. The van der Waals surface area contributed by atoms with Crippen LogP contribution in [0, 0.1) is 12.8 Å². The molecule has 1 aromatic heterocycles. The van der Waals surface area contributed by atoms with E-state index >= 15 is 0 Å². The van der Waals surface area contributed by atoms with E-state index in [-0.39, 0.29) is 11.8 Å². The SMILES string of the molecule is Cc1ncc(CN2CCN(C(=O)C(C)C)CC2)s1. The van der Waals surface area contributed by atoms with Crippen LogP contribution in [0.15, 0.2) is 6.20 Å². The van der Waals surface area contributed by atoms with Crippen molar-refractivity contribution < 1.29 is 4.79 Å². The maximum atomic E-state index is 11.9. The van der Waals surface area contributed by atoms with Gasteiger partial charge in [-0.3, -0.25) is 9.69 Å². The molecule has 1 fully saturated rings. The molecule has 0 unspecified atom stereocenters. The Bertz CT molecular complexity index is 408. The van der Waals surface area contributed by atoms with Gasteiger partial charge >= 0.3 is 0 Å². The highest BCUT2D eigenvalue weighted by atomic mass is 32.1. The first-order valence-corrected chi connectivity index (χ1v) is 7.30. The minimum Gasteiger partial charge on any atom is -0.340 e. The summed E-state index contributed by atoms with van der Waals surface area (Å²) in [4.78, 5) is 21.8. The lowest BCUT2D eigenvalue weighted by atomic mass is 10.1. The van der Waals surface area contributed by atoms with Gasteiger partial charge in [0, 0.05) is 49.7 Å². The lowest BCUT2D eigenvalue weighted by Gasteiger charge is -2.35. The predicted octanol–water partition coefficient (Wildman–Crippen LogP) is 1.75. The molecule has 0 saturated carbocycles. The number of carbonyl (C=O) groups is 1. The van der Waals surface area contributed by atoms with Gasteiger partial charge in [0.2, 0.25) is 5.91 Å². The van der Waals surface area contributed by atoms with E-state index in [2.05, 4.69) is 9.88 Å². The number of thiazole rings is 1. The summed E-state index contributed by atoms with van der Waals surface area (Å²) in [5.41, 5.74) is 0. The Morgan fingerprint density at radius 2 is 2.06 bits per heavy atom. The van der Waals surface area contributed by atoms with Crippen LogP contribution in [0.4, 0.5) is 0 Å². The second-order valence-electron chi connectivity index (χ2n) is 5.10. The topological polar surface area (TPSA) is 36.4 Å². The fourth-order valence-electron chi connectivity index (χ4n) is 2.19. The molecule has 0 bridgehead atoms. The third kappa shape index (κ3) is 3.29. The average Bonchev–Trinajstić information content (AvgIpc) is 2.75. The largest absolute Gasteiger partial charge is 0.340 e. The molecular formula is C13H21N3OS. The van der Waals surface area contributed by atoms with Crippen molar-refractivity contribution in [1.82, 2.24) is 14.8 Å². The molecule has 0 atom stereocenters. The molecule has 1 amide bonds. The third-order valence-electron chi connectivity index (χ3n) is 3.23. The second kappa shape index (κ2) is 5.80. The van der Waals surface area contributed by atoms with Crippen LogP contribution in [0.25, 0.3) is 0 Å². The van der Waals surface area contributed by atoms with Gasteiger partial charge in [-0.05, 0) is 6.92 Å². The van der Waals surface area contributed by atoms with Crippen LogP contribution in [0.3, 0.4) is 0 Å². The van der Waals surface area contributed by atoms with Gasteiger partial charge in [-0.1, -0.05) is 13.8 Å². The Morgan fingerprint density at radius 3 is 2.56 bits per heavy atom. The monoisotopic (exact) mass is 267 g/mol. The van der Waals surface area contributed by atoms with Crippen molar-refractivity contribution in [2.75, 3.05) is 26.2 Å². The molecule has 0 aliphatic carbocycles. The summed E-state index contributed by atoms with van der Waals surface area (Å²) in [6.07, 6.45) is 1.96. The summed E-state index contributed by atoms with van der Waals surface area (Å²) in [7, 11) is 0. The van der Waals surface area contributed by atoms with Crippen molar-refractivity contribution in [2.24, 2.45) is 5.92 Å². The van der Waals surface area contributed by atoms with E-state index in [1.54, 1.807) is 11.3 Å². The average molecular weight is 267 g/mol. The number of amides is 1. The molecule has 100 valence electrons. The fourth-order valence-corrected chi connectivity index (χ4v) is 3.03. The van der Waals surface area contributed by atoms with Gasteiger partial charge in [0.25, 0.3) is 0 Å². The first-order chi connectivity index (χ1) is 8.56. The van der Waals surface area contributed by atoms with E-state index in [0.29, 0.717) is 0 Å². The summed E-state index contributed by atoms with van der Waals surface area (Å²) in [5.74, 6) is 0.393. The first-order valence-electron chi connectivity index (χ1n) is 6.48. The number of piperazine rings is 1. The Labute approximate surface area is 113 Å². The molecule has 4 nitrogen and oxygen atoms in total. The van der Waals surface area contributed by atoms with E-state index in [1.165, 1.54) is 4.88 Å². The number of hydrogen-bond acceptors (Lipinski definition) is 4. The number of hydrogen-bond donors (Lipinski definition) is 0. The maximum absolute atomic E-state index is 11.9. The number of carbonyl (C=O) groups excluding carboxylic acids is 1. The molecule has 18 heavy (non-hydrogen) atoms. The number of aryl methyl sites for hydroxylation is 1.